The molecule has 0 saturated heterocycles. The van der Waals surface area contributed by atoms with E-state index in [2.05, 4.69) is 21.2 Å². The molecule has 0 radical (unpaired) electrons. The van der Waals surface area contributed by atoms with E-state index in [1.54, 1.807) is 17.0 Å². The Morgan fingerprint density at radius 1 is 1.00 bits per heavy atom. The van der Waals surface area contributed by atoms with Crippen LogP contribution in [0.3, 0.4) is 0 Å². The molecule has 0 aromatic heterocycles. The van der Waals surface area contributed by atoms with E-state index in [9.17, 15) is 9.59 Å². The Kier molecular flexibility index (Phi) is 11.8. The Morgan fingerprint density at radius 2 is 1.73 bits per heavy atom. The fraction of sp³-hybridized carbons (Fsp3) is 0.310. The van der Waals surface area contributed by atoms with Crippen molar-refractivity contribution in [2.24, 2.45) is 0 Å². The normalized spacial score (nSPS) is 12.6. The van der Waals surface area contributed by atoms with Crippen molar-refractivity contribution in [3.8, 4) is 0 Å². The number of carbonyl (C=O) groups excluding carboxylic acids is 2. The van der Waals surface area contributed by atoms with Crippen molar-refractivity contribution in [1.82, 2.24) is 10.2 Å². The van der Waals surface area contributed by atoms with Gasteiger partial charge in [0.1, 0.15) is 6.04 Å². The average Bonchev–Trinajstić information content (AvgIpc) is 2.87. The molecular formula is C29H31BrCl2N2O2S. The molecule has 196 valence electrons. The first kappa shape index (κ1) is 29.6. The third-order valence-electron chi connectivity index (χ3n) is 6.01. The number of hydrogen-bond donors (Lipinski definition) is 1. The van der Waals surface area contributed by atoms with E-state index < -0.39 is 6.04 Å². The number of rotatable bonds is 12. The number of thioether (sulfide) groups is 1. The molecule has 3 aromatic carbocycles. The summed E-state index contributed by atoms with van der Waals surface area (Å²) in [6.07, 6.45) is 1.23. The molecule has 0 bridgehead atoms. The van der Waals surface area contributed by atoms with Crippen LogP contribution < -0.4 is 5.32 Å². The predicted octanol–water partition coefficient (Wildman–Crippen LogP) is 7.54. The van der Waals surface area contributed by atoms with Crippen LogP contribution in [-0.2, 0) is 28.3 Å². The zero-order valence-corrected chi connectivity index (χ0v) is 24.8. The molecule has 3 aromatic rings. The van der Waals surface area contributed by atoms with Gasteiger partial charge in [-0.1, -0.05) is 94.6 Å². The van der Waals surface area contributed by atoms with Crippen molar-refractivity contribution in [2.45, 2.75) is 51.1 Å². The molecule has 8 heteroatoms. The van der Waals surface area contributed by atoms with E-state index in [4.69, 9.17) is 23.2 Å². The van der Waals surface area contributed by atoms with Crippen LogP contribution in [0.1, 0.15) is 37.0 Å². The Balaban J connectivity index is 1.86. The van der Waals surface area contributed by atoms with Gasteiger partial charge in [-0.05, 0) is 54.3 Å². The zero-order valence-electron chi connectivity index (χ0n) is 20.9. The molecule has 3 rings (SSSR count). The van der Waals surface area contributed by atoms with E-state index in [0.29, 0.717) is 28.8 Å². The fourth-order valence-electron chi connectivity index (χ4n) is 3.80. The lowest BCUT2D eigenvalue weighted by Gasteiger charge is -2.32. The van der Waals surface area contributed by atoms with Gasteiger partial charge in [-0.15, -0.1) is 11.8 Å². The van der Waals surface area contributed by atoms with Crippen LogP contribution in [0.2, 0.25) is 10.0 Å². The number of benzene rings is 3. The highest BCUT2D eigenvalue weighted by atomic mass is 79.9. The molecule has 0 heterocycles. The van der Waals surface area contributed by atoms with Crippen LogP contribution in [0, 0.1) is 0 Å². The summed E-state index contributed by atoms with van der Waals surface area (Å²) in [5.41, 5.74) is 2.86. The van der Waals surface area contributed by atoms with Gasteiger partial charge in [-0.2, -0.15) is 0 Å². The summed E-state index contributed by atoms with van der Waals surface area (Å²) in [4.78, 5) is 29.0. The van der Waals surface area contributed by atoms with Crippen molar-refractivity contribution >= 4 is 62.7 Å². The van der Waals surface area contributed by atoms with Gasteiger partial charge in [0.25, 0.3) is 0 Å². The highest BCUT2D eigenvalue weighted by Crippen LogP contribution is 2.26. The maximum atomic E-state index is 13.7. The standard InChI is InChI=1S/C29H31BrCl2N2O2S/c1-3-20(2)33-29(36)27(15-21-8-5-4-6-9-21)34(17-22-10-7-11-24(30)14-22)28(35)19-37-18-23-12-13-25(31)16-26(23)32/h4-14,16,20,27H,3,15,17-19H2,1-2H3,(H,33,36)/t20-,27-/m1/s1. The SMILES string of the molecule is CC[C@@H](C)NC(=O)[C@@H](Cc1ccccc1)N(Cc1cccc(Br)c1)C(=O)CSCc1ccc(Cl)cc1Cl. The third kappa shape index (κ3) is 9.36. The van der Waals surface area contributed by atoms with Gasteiger partial charge in [-0.25, -0.2) is 0 Å². The lowest BCUT2D eigenvalue weighted by atomic mass is 10.0. The fourth-order valence-corrected chi connectivity index (χ4v) is 5.71. The van der Waals surface area contributed by atoms with Crippen LogP contribution in [0.15, 0.2) is 77.3 Å². The smallest absolute Gasteiger partial charge is 0.243 e. The molecule has 0 aliphatic carbocycles. The Labute approximate surface area is 242 Å². The van der Waals surface area contributed by atoms with Crippen LogP contribution in [-0.4, -0.2) is 34.6 Å². The molecule has 0 spiro atoms. The Hall–Kier alpha value is -1.99. The van der Waals surface area contributed by atoms with Crippen LogP contribution >= 0.6 is 50.9 Å². The monoisotopic (exact) mass is 620 g/mol. The van der Waals surface area contributed by atoms with E-state index in [-0.39, 0.29) is 23.6 Å². The van der Waals surface area contributed by atoms with Gasteiger partial charge in [0, 0.05) is 39.3 Å². The van der Waals surface area contributed by atoms with Crippen molar-refractivity contribution in [1.29, 1.82) is 0 Å². The number of carbonyl (C=O) groups is 2. The lowest BCUT2D eigenvalue weighted by Crippen LogP contribution is -2.52. The molecule has 2 atom stereocenters. The van der Waals surface area contributed by atoms with Crippen LogP contribution in [0.25, 0.3) is 0 Å². The van der Waals surface area contributed by atoms with Crippen molar-refractivity contribution in [3.05, 3.63) is 104 Å². The predicted molar refractivity (Wildman–Crippen MR) is 159 cm³/mol. The molecule has 0 saturated carbocycles. The first-order valence-electron chi connectivity index (χ1n) is 12.2. The third-order valence-corrected chi connectivity index (χ3v) is 8.06. The minimum Gasteiger partial charge on any atom is -0.352 e. The second-order valence-electron chi connectivity index (χ2n) is 8.90. The first-order chi connectivity index (χ1) is 17.8. The minimum absolute atomic E-state index is 0.00927. The molecular weight excluding hydrogens is 591 g/mol. The van der Waals surface area contributed by atoms with E-state index in [1.165, 1.54) is 11.8 Å². The summed E-state index contributed by atoms with van der Waals surface area (Å²) in [5.74, 6) is 0.534. The number of nitrogens with one attached hydrogen (secondary N) is 1. The van der Waals surface area contributed by atoms with Gasteiger partial charge in [0.05, 0.1) is 5.75 Å². The van der Waals surface area contributed by atoms with Gasteiger partial charge in [0.2, 0.25) is 11.8 Å². The van der Waals surface area contributed by atoms with Crippen molar-refractivity contribution < 1.29 is 9.59 Å². The molecule has 0 fully saturated rings. The quantitative estimate of drug-likeness (QED) is 0.227. The van der Waals surface area contributed by atoms with Gasteiger partial charge < -0.3 is 10.2 Å². The maximum absolute atomic E-state index is 13.7. The summed E-state index contributed by atoms with van der Waals surface area (Å²) >= 11 is 17.3. The number of halogens is 3. The maximum Gasteiger partial charge on any atom is 0.243 e. The Bertz CT molecular complexity index is 1200. The van der Waals surface area contributed by atoms with Crippen molar-refractivity contribution in [2.75, 3.05) is 5.75 Å². The van der Waals surface area contributed by atoms with Crippen LogP contribution in [0.5, 0.6) is 0 Å². The Morgan fingerprint density at radius 3 is 2.41 bits per heavy atom. The van der Waals surface area contributed by atoms with Crippen molar-refractivity contribution in [3.63, 3.8) is 0 Å². The summed E-state index contributed by atoms with van der Waals surface area (Å²) in [6.45, 7) is 4.33. The second-order valence-corrected chi connectivity index (χ2v) is 11.6. The van der Waals surface area contributed by atoms with E-state index in [0.717, 1.165) is 27.6 Å². The zero-order chi connectivity index (χ0) is 26.8. The number of amides is 2. The van der Waals surface area contributed by atoms with Gasteiger partial charge in [0.15, 0.2) is 0 Å². The lowest BCUT2D eigenvalue weighted by molar-refractivity contribution is -0.139. The highest BCUT2D eigenvalue weighted by Gasteiger charge is 2.31. The molecule has 0 aliphatic rings. The number of nitrogens with zero attached hydrogens (tertiary/aromatic N) is 1. The largest absolute Gasteiger partial charge is 0.352 e. The minimum atomic E-state index is -0.650. The van der Waals surface area contributed by atoms with Crippen LogP contribution in [0.4, 0.5) is 0 Å². The summed E-state index contributed by atoms with van der Waals surface area (Å²) in [6, 6.07) is 22.4. The molecule has 0 aliphatic heterocycles. The highest BCUT2D eigenvalue weighted by molar-refractivity contribution is 9.10. The average molecular weight is 622 g/mol. The first-order valence-corrected chi connectivity index (χ1v) is 14.9. The molecule has 2 amide bonds. The summed E-state index contributed by atoms with van der Waals surface area (Å²) < 4.78 is 0.924. The molecule has 1 N–H and O–H groups in total. The summed E-state index contributed by atoms with van der Waals surface area (Å²) in [7, 11) is 0. The summed E-state index contributed by atoms with van der Waals surface area (Å²) in [5, 5.41) is 4.25. The van der Waals surface area contributed by atoms with E-state index >= 15 is 0 Å². The van der Waals surface area contributed by atoms with E-state index in [1.807, 2.05) is 74.5 Å². The number of hydrogen-bond acceptors (Lipinski definition) is 3. The molecule has 37 heavy (non-hydrogen) atoms. The second kappa shape index (κ2) is 14.8. The molecule has 4 nitrogen and oxygen atoms in total. The molecule has 0 unspecified atom stereocenters. The van der Waals surface area contributed by atoms with Gasteiger partial charge in [-0.3, -0.25) is 9.59 Å². The topological polar surface area (TPSA) is 49.4 Å². The van der Waals surface area contributed by atoms with Gasteiger partial charge >= 0.3 is 0 Å².